The molecule has 16 heavy (non-hydrogen) atoms. The first-order valence-electron chi connectivity index (χ1n) is 4.93. The number of allylic oxidation sites excluding steroid dienone is 1. The SMILES string of the molecule is C#CCC(NC(=O)NCC/C=C/C)C(=O)O. The summed E-state index contributed by atoms with van der Waals surface area (Å²) in [6, 6.07) is -1.56. The molecule has 0 aliphatic rings. The van der Waals surface area contributed by atoms with Crippen LogP contribution in [0.4, 0.5) is 4.79 Å². The van der Waals surface area contributed by atoms with E-state index in [2.05, 4.69) is 16.6 Å². The van der Waals surface area contributed by atoms with Crippen LogP contribution in [0.25, 0.3) is 0 Å². The lowest BCUT2D eigenvalue weighted by Crippen LogP contribution is -2.46. The summed E-state index contributed by atoms with van der Waals surface area (Å²) in [7, 11) is 0. The summed E-state index contributed by atoms with van der Waals surface area (Å²) in [6.07, 6.45) is 9.44. The van der Waals surface area contributed by atoms with E-state index in [0.717, 1.165) is 0 Å². The number of amides is 2. The third-order valence-corrected chi connectivity index (χ3v) is 1.76. The Kier molecular flexibility index (Phi) is 7.33. The summed E-state index contributed by atoms with van der Waals surface area (Å²) in [5.74, 6) is 1.06. The topological polar surface area (TPSA) is 78.4 Å². The first-order valence-corrected chi connectivity index (χ1v) is 4.93. The second-order valence-corrected chi connectivity index (χ2v) is 3.06. The normalized spacial score (nSPS) is 11.8. The van der Waals surface area contributed by atoms with Crippen molar-refractivity contribution in [2.24, 2.45) is 0 Å². The first-order chi connectivity index (χ1) is 7.61. The first kappa shape index (κ1) is 14.0. The Labute approximate surface area is 94.9 Å². The van der Waals surface area contributed by atoms with Gasteiger partial charge in [-0.2, -0.15) is 0 Å². The third kappa shape index (κ3) is 6.49. The zero-order chi connectivity index (χ0) is 12.4. The Bertz CT molecular complexity index is 305. The number of aliphatic carboxylic acids is 1. The van der Waals surface area contributed by atoms with Gasteiger partial charge in [0.25, 0.3) is 0 Å². The maximum Gasteiger partial charge on any atom is 0.327 e. The molecule has 0 fully saturated rings. The smallest absolute Gasteiger partial charge is 0.327 e. The Balaban J connectivity index is 3.92. The molecule has 0 saturated carbocycles. The standard InChI is InChI=1S/C11H16N2O3/c1-3-5-6-8-12-11(16)13-9(7-4-2)10(14)15/h2-3,5,9H,6-8H2,1H3,(H,14,15)(H2,12,13,16)/b5-3+. The predicted octanol–water partition coefficient (Wildman–Crippen LogP) is 0.728. The summed E-state index contributed by atoms with van der Waals surface area (Å²) in [4.78, 5) is 21.9. The van der Waals surface area contributed by atoms with Gasteiger partial charge in [0.2, 0.25) is 0 Å². The highest BCUT2D eigenvalue weighted by atomic mass is 16.4. The molecule has 0 aliphatic heterocycles. The molecular weight excluding hydrogens is 208 g/mol. The van der Waals surface area contributed by atoms with Gasteiger partial charge in [-0.1, -0.05) is 12.2 Å². The Morgan fingerprint density at radius 2 is 2.25 bits per heavy atom. The van der Waals surface area contributed by atoms with Crippen molar-refractivity contribution in [3.63, 3.8) is 0 Å². The van der Waals surface area contributed by atoms with Gasteiger partial charge in [0.1, 0.15) is 6.04 Å². The molecule has 0 aromatic rings. The molecule has 0 aromatic heterocycles. The zero-order valence-corrected chi connectivity index (χ0v) is 9.19. The second kappa shape index (κ2) is 8.36. The van der Waals surface area contributed by atoms with Crippen molar-refractivity contribution in [2.75, 3.05) is 6.54 Å². The maximum absolute atomic E-state index is 11.2. The molecule has 0 spiro atoms. The molecule has 1 atom stereocenters. The number of carbonyl (C=O) groups is 2. The van der Waals surface area contributed by atoms with Crippen molar-refractivity contribution in [1.82, 2.24) is 10.6 Å². The monoisotopic (exact) mass is 224 g/mol. The van der Waals surface area contributed by atoms with Crippen molar-refractivity contribution in [1.29, 1.82) is 0 Å². The van der Waals surface area contributed by atoms with Crippen LogP contribution in [0.5, 0.6) is 0 Å². The second-order valence-electron chi connectivity index (χ2n) is 3.06. The number of nitrogens with one attached hydrogen (secondary N) is 2. The van der Waals surface area contributed by atoms with Crippen molar-refractivity contribution in [3.8, 4) is 12.3 Å². The van der Waals surface area contributed by atoms with Gasteiger partial charge >= 0.3 is 12.0 Å². The van der Waals surface area contributed by atoms with Gasteiger partial charge in [-0.15, -0.1) is 12.3 Å². The van der Waals surface area contributed by atoms with Crippen molar-refractivity contribution >= 4 is 12.0 Å². The minimum absolute atomic E-state index is 0.0301. The van der Waals surface area contributed by atoms with Crippen LogP contribution in [-0.2, 0) is 4.79 Å². The molecule has 0 bridgehead atoms. The highest BCUT2D eigenvalue weighted by Crippen LogP contribution is 1.90. The van der Waals surface area contributed by atoms with Gasteiger partial charge in [0.15, 0.2) is 0 Å². The Morgan fingerprint density at radius 1 is 1.56 bits per heavy atom. The van der Waals surface area contributed by atoms with Crippen molar-refractivity contribution < 1.29 is 14.7 Å². The number of carbonyl (C=O) groups excluding carboxylic acids is 1. The molecule has 0 saturated heterocycles. The fraction of sp³-hybridized carbons (Fsp3) is 0.455. The van der Waals surface area contributed by atoms with Crippen LogP contribution in [0.15, 0.2) is 12.2 Å². The summed E-state index contributed by atoms with van der Waals surface area (Å²) < 4.78 is 0. The quantitative estimate of drug-likeness (QED) is 0.353. The van der Waals surface area contributed by atoms with Gasteiger partial charge < -0.3 is 15.7 Å². The highest BCUT2D eigenvalue weighted by Gasteiger charge is 2.17. The fourth-order valence-electron chi connectivity index (χ4n) is 0.963. The van der Waals surface area contributed by atoms with Gasteiger partial charge in [0, 0.05) is 13.0 Å². The van der Waals surface area contributed by atoms with Gasteiger partial charge in [-0.25, -0.2) is 9.59 Å². The minimum atomic E-state index is -1.14. The summed E-state index contributed by atoms with van der Waals surface area (Å²) >= 11 is 0. The van der Waals surface area contributed by atoms with Crippen molar-refractivity contribution in [2.45, 2.75) is 25.8 Å². The maximum atomic E-state index is 11.2. The summed E-state index contributed by atoms with van der Waals surface area (Å²) in [6.45, 7) is 2.34. The van der Waals surface area contributed by atoms with Crippen LogP contribution in [-0.4, -0.2) is 29.7 Å². The van der Waals surface area contributed by atoms with E-state index in [1.54, 1.807) is 0 Å². The molecule has 2 amide bonds. The lowest BCUT2D eigenvalue weighted by atomic mass is 10.2. The van der Waals surface area contributed by atoms with Crippen LogP contribution < -0.4 is 10.6 Å². The summed E-state index contributed by atoms with van der Waals surface area (Å²) in [5.41, 5.74) is 0. The molecule has 0 radical (unpaired) electrons. The summed E-state index contributed by atoms with van der Waals surface area (Å²) in [5, 5.41) is 13.5. The molecule has 0 aliphatic carbocycles. The van der Waals surface area contributed by atoms with E-state index in [1.807, 2.05) is 19.1 Å². The van der Waals surface area contributed by atoms with E-state index in [0.29, 0.717) is 13.0 Å². The molecule has 88 valence electrons. The van der Waals surface area contributed by atoms with Crippen molar-refractivity contribution in [3.05, 3.63) is 12.2 Å². The third-order valence-electron chi connectivity index (χ3n) is 1.76. The van der Waals surface area contributed by atoms with E-state index in [4.69, 9.17) is 11.5 Å². The van der Waals surface area contributed by atoms with Crippen LogP contribution in [0.2, 0.25) is 0 Å². The number of hydrogen-bond acceptors (Lipinski definition) is 2. The number of terminal acetylenes is 1. The minimum Gasteiger partial charge on any atom is -0.480 e. The van der Waals surface area contributed by atoms with E-state index >= 15 is 0 Å². The van der Waals surface area contributed by atoms with E-state index < -0.39 is 18.0 Å². The van der Waals surface area contributed by atoms with Crippen LogP contribution in [0, 0.1) is 12.3 Å². The number of hydrogen-bond donors (Lipinski definition) is 3. The molecule has 0 heterocycles. The predicted molar refractivity (Wildman–Crippen MR) is 60.8 cm³/mol. The molecule has 5 heteroatoms. The van der Waals surface area contributed by atoms with Crippen LogP contribution in [0.3, 0.4) is 0 Å². The molecule has 0 rings (SSSR count). The fourth-order valence-corrected chi connectivity index (χ4v) is 0.963. The molecule has 5 nitrogen and oxygen atoms in total. The molecule has 0 aromatic carbocycles. The molecule has 1 unspecified atom stereocenters. The largest absolute Gasteiger partial charge is 0.480 e. The lowest BCUT2D eigenvalue weighted by molar-refractivity contribution is -0.139. The van der Waals surface area contributed by atoms with E-state index in [-0.39, 0.29) is 6.42 Å². The number of carboxylic acids is 1. The Morgan fingerprint density at radius 3 is 2.75 bits per heavy atom. The molecular formula is C11H16N2O3. The number of rotatable bonds is 6. The van der Waals surface area contributed by atoms with Crippen LogP contribution in [0.1, 0.15) is 19.8 Å². The highest BCUT2D eigenvalue weighted by molar-refractivity contribution is 5.82. The Hall–Kier alpha value is -1.96. The number of carboxylic acid groups (broad SMARTS) is 1. The molecule has 3 N–H and O–H groups in total. The zero-order valence-electron chi connectivity index (χ0n) is 9.19. The van der Waals surface area contributed by atoms with Crippen LogP contribution >= 0.6 is 0 Å². The lowest BCUT2D eigenvalue weighted by Gasteiger charge is -2.12. The van der Waals surface area contributed by atoms with E-state index in [1.165, 1.54) is 0 Å². The van der Waals surface area contributed by atoms with E-state index in [9.17, 15) is 9.59 Å². The van der Waals surface area contributed by atoms with Gasteiger partial charge in [-0.3, -0.25) is 0 Å². The van der Waals surface area contributed by atoms with Gasteiger partial charge in [0.05, 0.1) is 0 Å². The average Bonchev–Trinajstić information content (AvgIpc) is 2.23. The average molecular weight is 224 g/mol. The van der Waals surface area contributed by atoms with Gasteiger partial charge in [-0.05, 0) is 13.3 Å². The number of urea groups is 1.